The van der Waals surface area contributed by atoms with E-state index in [1.165, 1.54) is 38.8 Å². The van der Waals surface area contributed by atoms with Gasteiger partial charge in [-0.3, -0.25) is 14.6 Å². The Morgan fingerprint density at radius 3 is 1.80 bits per heavy atom. The fourth-order valence-electron chi connectivity index (χ4n) is 5.52. The van der Waals surface area contributed by atoms with E-state index < -0.39 is 23.9 Å². The SMILES string of the molecule is O=C(O)C(=O)O.O=C(O)C(=O)O.O=C(c1ccc(C#CCN2CCCC2)cc1)c1c(-c2ccc(OCCN3CCCC3)cc2)sc2ccccc12. The molecule has 2 saturated heterocycles. The molecule has 0 aliphatic carbocycles. The van der Waals surface area contributed by atoms with E-state index >= 15 is 0 Å². The second kappa shape index (κ2) is 19.0. The van der Waals surface area contributed by atoms with Crippen LogP contribution in [0.15, 0.2) is 72.8 Å². The molecule has 2 aliphatic heterocycles. The first-order valence-electron chi connectivity index (χ1n) is 16.3. The zero-order valence-corrected chi connectivity index (χ0v) is 28.6. The summed E-state index contributed by atoms with van der Waals surface area (Å²) in [4.78, 5) is 56.1. The number of carboxylic acid groups (broad SMARTS) is 4. The van der Waals surface area contributed by atoms with Gasteiger partial charge >= 0.3 is 23.9 Å². The molecule has 2 fully saturated rings. The zero-order chi connectivity index (χ0) is 36.8. The summed E-state index contributed by atoms with van der Waals surface area (Å²) in [5.41, 5.74) is 3.44. The molecule has 266 valence electrons. The summed E-state index contributed by atoms with van der Waals surface area (Å²) in [5, 5.41) is 30.6. The number of carbonyl (C=O) groups is 5. The van der Waals surface area contributed by atoms with Gasteiger partial charge in [0, 0.05) is 38.2 Å². The molecule has 0 unspecified atom stereocenters. The molecule has 4 N–H and O–H groups in total. The van der Waals surface area contributed by atoms with Crippen LogP contribution in [-0.4, -0.2) is 106 Å². The topological polar surface area (TPSA) is 182 Å². The molecule has 0 atom stereocenters. The highest BCUT2D eigenvalue weighted by atomic mass is 32.1. The van der Waals surface area contributed by atoms with Gasteiger partial charge in [-0.25, -0.2) is 19.2 Å². The molecular weight excluding hydrogens is 676 g/mol. The molecule has 3 heterocycles. The molecule has 12 nitrogen and oxygen atoms in total. The number of fused-ring (bicyclic) bond motifs is 1. The Morgan fingerprint density at radius 1 is 0.686 bits per heavy atom. The fourth-order valence-corrected chi connectivity index (χ4v) is 6.72. The predicted molar refractivity (Wildman–Crippen MR) is 191 cm³/mol. The Morgan fingerprint density at radius 2 is 1.24 bits per heavy atom. The van der Waals surface area contributed by atoms with Crippen molar-refractivity contribution in [3.05, 3.63) is 89.5 Å². The first-order valence-corrected chi connectivity index (χ1v) is 17.1. The number of carbonyl (C=O) groups excluding carboxylic acids is 1. The third kappa shape index (κ3) is 11.5. The maximum absolute atomic E-state index is 13.9. The number of carboxylic acids is 4. The number of thiophene rings is 1. The Hall–Kier alpha value is -5.55. The van der Waals surface area contributed by atoms with Gasteiger partial charge in [0.05, 0.1) is 6.54 Å². The minimum atomic E-state index is -1.82. The molecular formula is C38H38N2O10S. The quantitative estimate of drug-likeness (QED) is 0.109. The summed E-state index contributed by atoms with van der Waals surface area (Å²) in [6, 6.07) is 24.1. The van der Waals surface area contributed by atoms with Gasteiger partial charge in [0.25, 0.3) is 0 Å². The number of likely N-dealkylation sites (tertiary alicyclic amines) is 2. The zero-order valence-electron chi connectivity index (χ0n) is 27.7. The van der Waals surface area contributed by atoms with Gasteiger partial charge in [-0.15, -0.1) is 11.3 Å². The van der Waals surface area contributed by atoms with E-state index in [1.54, 1.807) is 11.3 Å². The molecule has 3 aromatic carbocycles. The van der Waals surface area contributed by atoms with Crippen LogP contribution in [0.25, 0.3) is 20.5 Å². The van der Waals surface area contributed by atoms with Gasteiger partial charge < -0.3 is 25.2 Å². The Balaban J connectivity index is 0.000000420. The maximum atomic E-state index is 13.9. The smallest absolute Gasteiger partial charge is 0.414 e. The van der Waals surface area contributed by atoms with Crippen LogP contribution in [0.2, 0.25) is 0 Å². The summed E-state index contributed by atoms with van der Waals surface area (Å²) in [5.74, 6) is 0.164. The maximum Gasteiger partial charge on any atom is 0.414 e. The molecule has 0 radical (unpaired) electrons. The van der Waals surface area contributed by atoms with E-state index in [9.17, 15) is 4.79 Å². The lowest BCUT2D eigenvalue weighted by Gasteiger charge is -2.15. The van der Waals surface area contributed by atoms with Crippen molar-refractivity contribution in [2.75, 3.05) is 45.9 Å². The average molecular weight is 715 g/mol. The predicted octanol–water partition coefficient (Wildman–Crippen LogP) is 5.03. The van der Waals surface area contributed by atoms with Gasteiger partial charge in [0.1, 0.15) is 12.4 Å². The third-order valence-electron chi connectivity index (χ3n) is 8.06. The molecule has 51 heavy (non-hydrogen) atoms. The van der Waals surface area contributed by atoms with Crippen LogP contribution >= 0.6 is 11.3 Å². The number of ether oxygens (including phenoxy) is 1. The van der Waals surface area contributed by atoms with Crippen molar-refractivity contribution in [2.45, 2.75) is 25.7 Å². The molecule has 6 rings (SSSR count). The molecule has 0 spiro atoms. The van der Waals surface area contributed by atoms with E-state index in [0.717, 1.165) is 63.6 Å². The van der Waals surface area contributed by atoms with Crippen molar-refractivity contribution < 1.29 is 49.1 Å². The number of hydrogen-bond acceptors (Lipinski definition) is 9. The third-order valence-corrected chi connectivity index (χ3v) is 9.28. The summed E-state index contributed by atoms with van der Waals surface area (Å²) >= 11 is 1.67. The standard InChI is InChI=1S/C34H34N2O2S.2C2H2O4/c37-33(27-13-11-26(12-14-27)8-7-23-35-19-3-4-20-35)32-30-9-1-2-10-31(30)39-34(32)28-15-17-29(18-16-28)38-25-24-36-21-5-6-22-36;2*3-1(4)2(5)6/h1-2,9-18H,3-6,19-25H2;2*(H,3,4)(H,5,6). The summed E-state index contributed by atoms with van der Waals surface area (Å²) in [6.07, 6.45) is 5.13. The van der Waals surface area contributed by atoms with Crippen molar-refractivity contribution in [3.63, 3.8) is 0 Å². The summed E-state index contributed by atoms with van der Waals surface area (Å²) < 4.78 is 7.13. The number of aliphatic carboxylic acids is 4. The second-order valence-corrected chi connectivity index (χ2v) is 12.7. The van der Waals surface area contributed by atoms with Crippen molar-refractivity contribution >= 4 is 51.1 Å². The van der Waals surface area contributed by atoms with Crippen LogP contribution < -0.4 is 4.74 Å². The van der Waals surface area contributed by atoms with Gasteiger partial charge in [0.15, 0.2) is 5.78 Å². The van der Waals surface area contributed by atoms with Crippen molar-refractivity contribution in [1.82, 2.24) is 9.80 Å². The Labute approximate surface area is 298 Å². The lowest BCUT2D eigenvalue weighted by atomic mass is 9.97. The lowest BCUT2D eigenvalue weighted by Crippen LogP contribution is -2.25. The van der Waals surface area contributed by atoms with Crippen LogP contribution in [-0.2, 0) is 19.2 Å². The van der Waals surface area contributed by atoms with Crippen molar-refractivity contribution in [1.29, 1.82) is 0 Å². The van der Waals surface area contributed by atoms with E-state index in [2.05, 4.69) is 45.9 Å². The van der Waals surface area contributed by atoms with E-state index in [0.29, 0.717) is 12.2 Å². The highest BCUT2D eigenvalue weighted by molar-refractivity contribution is 7.22. The molecule has 0 saturated carbocycles. The average Bonchev–Trinajstić information content (AvgIpc) is 3.91. The number of nitrogens with zero attached hydrogens (tertiary/aromatic N) is 2. The van der Waals surface area contributed by atoms with E-state index in [4.69, 9.17) is 44.3 Å². The van der Waals surface area contributed by atoms with Crippen LogP contribution in [0.1, 0.15) is 47.2 Å². The molecule has 13 heteroatoms. The number of rotatable bonds is 8. The minimum Gasteiger partial charge on any atom is -0.492 e. The molecule has 0 amide bonds. The second-order valence-electron chi connectivity index (χ2n) is 11.6. The van der Waals surface area contributed by atoms with Crippen LogP contribution in [0.4, 0.5) is 0 Å². The number of benzene rings is 3. The van der Waals surface area contributed by atoms with Crippen LogP contribution in [0.3, 0.4) is 0 Å². The van der Waals surface area contributed by atoms with Crippen molar-refractivity contribution in [2.24, 2.45) is 0 Å². The molecule has 1 aromatic heterocycles. The first kappa shape index (κ1) is 38.3. The number of ketones is 1. The number of hydrogen-bond donors (Lipinski definition) is 4. The van der Waals surface area contributed by atoms with E-state index in [-0.39, 0.29) is 5.78 Å². The normalized spacial score (nSPS) is 13.9. The molecule has 0 bridgehead atoms. The molecule has 4 aromatic rings. The monoisotopic (exact) mass is 714 g/mol. The minimum absolute atomic E-state index is 0.0463. The Kier molecular flexibility index (Phi) is 14.3. The van der Waals surface area contributed by atoms with Gasteiger partial charge in [0.2, 0.25) is 0 Å². The van der Waals surface area contributed by atoms with Crippen molar-refractivity contribution in [3.8, 4) is 28.0 Å². The van der Waals surface area contributed by atoms with Gasteiger partial charge in [-0.1, -0.05) is 30.0 Å². The lowest BCUT2D eigenvalue weighted by molar-refractivity contribution is -0.159. The van der Waals surface area contributed by atoms with Gasteiger partial charge in [-0.05, 0) is 112 Å². The highest BCUT2D eigenvalue weighted by Gasteiger charge is 2.21. The summed E-state index contributed by atoms with van der Waals surface area (Å²) in [6.45, 7) is 7.14. The van der Waals surface area contributed by atoms with Crippen LogP contribution in [0, 0.1) is 11.8 Å². The first-order chi connectivity index (χ1) is 24.5. The molecule has 2 aliphatic rings. The van der Waals surface area contributed by atoms with Crippen LogP contribution in [0.5, 0.6) is 5.75 Å². The Bertz CT molecular complexity index is 1850. The highest BCUT2D eigenvalue weighted by Crippen LogP contribution is 2.40. The van der Waals surface area contributed by atoms with E-state index in [1.807, 2.05) is 48.5 Å². The van der Waals surface area contributed by atoms with Gasteiger partial charge in [-0.2, -0.15) is 0 Å². The summed E-state index contributed by atoms with van der Waals surface area (Å²) in [7, 11) is 0. The fraction of sp³-hybridized carbons (Fsp3) is 0.289. The largest absolute Gasteiger partial charge is 0.492 e.